The zero-order valence-electron chi connectivity index (χ0n) is 10.4. The van der Waals surface area contributed by atoms with Crippen LogP contribution in [-0.2, 0) is 6.42 Å². The fraction of sp³-hybridized carbons (Fsp3) is 0.214. The molecule has 1 atom stereocenters. The topological polar surface area (TPSA) is 37.5 Å². The minimum atomic E-state index is -0.526. The van der Waals surface area contributed by atoms with Gasteiger partial charge in [0.1, 0.15) is 0 Å². The minimum absolute atomic E-state index is 0.526. The van der Waals surface area contributed by atoms with Gasteiger partial charge in [0.2, 0.25) is 0 Å². The van der Waals surface area contributed by atoms with Gasteiger partial charge in [0.25, 0.3) is 0 Å². The highest BCUT2D eigenvalue weighted by molar-refractivity contribution is 9.10. The Labute approximate surface area is 123 Å². The Hall–Kier alpha value is -1.17. The Morgan fingerprint density at radius 1 is 1.47 bits per heavy atom. The van der Waals surface area contributed by atoms with E-state index in [0.717, 1.165) is 26.3 Å². The van der Waals surface area contributed by atoms with E-state index in [0.29, 0.717) is 6.42 Å². The van der Waals surface area contributed by atoms with Crippen molar-refractivity contribution in [3.05, 3.63) is 57.3 Å². The van der Waals surface area contributed by atoms with E-state index in [1.54, 1.807) is 11.3 Å². The van der Waals surface area contributed by atoms with E-state index in [4.69, 9.17) is 0 Å². The summed E-state index contributed by atoms with van der Waals surface area (Å²) in [5.74, 6) is 0. The molecule has 98 valence electrons. The van der Waals surface area contributed by atoms with Gasteiger partial charge in [-0.05, 0) is 24.1 Å². The first-order valence-electron chi connectivity index (χ1n) is 5.99. The molecule has 1 unspecified atom stereocenters. The van der Waals surface area contributed by atoms with Gasteiger partial charge in [-0.1, -0.05) is 28.1 Å². The van der Waals surface area contributed by atoms with Gasteiger partial charge in [0.05, 0.1) is 11.8 Å². The Bertz CT molecular complexity index is 691. The molecule has 1 aromatic carbocycles. The van der Waals surface area contributed by atoms with Crippen molar-refractivity contribution in [1.29, 1.82) is 0 Å². The summed E-state index contributed by atoms with van der Waals surface area (Å²) in [5, 5.41) is 12.4. The summed E-state index contributed by atoms with van der Waals surface area (Å²) in [6.07, 6.45) is 3.96. The molecule has 2 heterocycles. The summed E-state index contributed by atoms with van der Waals surface area (Å²) in [7, 11) is 0. The van der Waals surface area contributed by atoms with Crippen LogP contribution in [0.5, 0.6) is 0 Å². The van der Waals surface area contributed by atoms with E-state index in [-0.39, 0.29) is 0 Å². The molecule has 0 radical (unpaired) electrons. The van der Waals surface area contributed by atoms with Gasteiger partial charge in [-0.3, -0.25) is 4.40 Å². The van der Waals surface area contributed by atoms with E-state index >= 15 is 0 Å². The number of hydrogen-bond acceptors (Lipinski definition) is 3. The van der Waals surface area contributed by atoms with Crippen LogP contribution in [0, 0.1) is 6.92 Å². The molecular formula is C14H13BrN2OS. The second kappa shape index (κ2) is 5.07. The first-order chi connectivity index (χ1) is 9.15. The molecule has 5 heteroatoms. The quantitative estimate of drug-likeness (QED) is 0.791. The van der Waals surface area contributed by atoms with E-state index in [1.807, 2.05) is 47.3 Å². The van der Waals surface area contributed by atoms with Crippen LogP contribution >= 0.6 is 27.3 Å². The van der Waals surface area contributed by atoms with E-state index in [9.17, 15) is 5.11 Å². The fourth-order valence-electron chi connectivity index (χ4n) is 2.17. The van der Waals surface area contributed by atoms with Crippen molar-refractivity contribution < 1.29 is 5.11 Å². The molecule has 0 saturated carbocycles. The number of hydrogen-bond donors (Lipinski definition) is 1. The van der Waals surface area contributed by atoms with Crippen molar-refractivity contribution in [3.63, 3.8) is 0 Å². The van der Waals surface area contributed by atoms with Crippen LogP contribution in [0.2, 0.25) is 0 Å². The lowest BCUT2D eigenvalue weighted by Crippen LogP contribution is -2.04. The van der Waals surface area contributed by atoms with Gasteiger partial charge in [-0.25, -0.2) is 4.98 Å². The Morgan fingerprint density at radius 3 is 3.11 bits per heavy atom. The summed E-state index contributed by atoms with van der Waals surface area (Å²) in [5.41, 5.74) is 2.94. The highest BCUT2D eigenvalue weighted by atomic mass is 79.9. The van der Waals surface area contributed by atoms with Crippen LogP contribution in [0.4, 0.5) is 0 Å². The number of aliphatic hydroxyl groups is 1. The van der Waals surface area contributed by atoms with Crippen molar-refractivity contribution in [3.8, 4) is 0 Å². The molecule has 0 aliphatic carbocycles. The molecule has 0 amide bonds. The highest BCUT2D eigenvalue weighted by Gasteiger charge is 2.14. The van der Waals surface area contributed by atoms with Crippen LogP contribution in [0.25, 0.3) is 4.96 Å². The average Bonchev–Trinajstić information content (AvgIpc) is 2.93. The molecule has 19 heavy (non-hydrogen) atoms. The van der Waals surface area contributed by atoms with Crippen LogP contribution < -0.4 is 0 Å². The van der Waals surface area contributed by atoms with Crippen molar-refractivity contribution in [1.82, 2.24) is 9.38 Å². The molecule has 2 aromatic heterocycles. The van der Waals surface area contributed by atoms with Gasteiger partial charge < -0.3 is 5.11 Å². The molecule has 3 aromatic rings. The van der Waals surface area contributed by atoms with Gasteiger partial charge in [0, 0.05) is 28.7 Å². The smallest absolute Gasteiger partial charge is 0.193 e. The summed E-state index contributed by atoms with van der Waals surface area (Å²) in [4.78, 5) is 5.47. The van der Waals surface area contributed by atoms with Gasteiger partial charge >= 0.3 is 0 Å². The minimum Gasteiger partial charge on any atom is -0.388 e. The summed E-state index contributed by atoms with van der Waals surface area (Å²) in [6, 6.07) is 5.89. The molecule has 0 aliphatic heterocycles. The third-order valence-electron chi connectivity index (χ3n) is 3.21. The van der Waals surface area contributed by atoms with Crippen LogP contribution in [0.3, 0.4) is 0 Å². The van der Waals surface area contributed by atoms with Crippen LogP contribution in [0.1, 0.15) is 22.9 Å². The number of fused-ring (bicyclic) bond motifs is 1. The summed E-state index contributed by atoms with van der Waals surface area (Å²) >= 11 is 5.09. The molecule has 0 bridgehead atoms. The van der Waals surface area contributed by atoms with Crippen LogP contribution in [0.15, 0.2) is 40.4 Å². The van der Waals surface area contributed by atoms with E-state index < -0.39 is 6.10 Å². The second-order valence-electron chi connectivity index (χ2n) is 4.50. The molecule has 0 spiro atoms. The maximum Gasteiger partial charge on any atom is 0.193 e. The molecule has 1 N–H and O–H groups in total. The predicted octanol–water partition coefficient (Wildman–Crippen LogP) is 3.74. The SMILES string of the molecule is Cc1c(Br)cccc1C(O)Cc1cn2ccsc2n1. The average molecular weight is 337 g/mol. The largest absolute Gasteiger partial charge is 0.388 e. The number of halogens is 1. The lowest BCUT2D eigenvalue weighted by molar-refractivity contribution is 0.176. The normalized spacial score (nSPS) is 13.0. The fourth-order valence-corrected chi connectivity index (χ4v) is 3.27. The number of imidazole rings is 1. The Morgan fingerprint density at radius 2 is 2.32 bits per heavy atom. The van der Waals surface area contributed by atoms with Gasteiger partial charge in [-0.15, -0.1) is 11.3 Å². The summed E-state index contributed by atoms with van der Waals surface area (Å²) < 4.78 is 3.01. The molecule has 3 nitrogen and oxygen atoms in total. The number of benzene rings is 1. The van der Waals surface area contributed by atoms with E-state index in [1.165, 1.54) is 0 Å². The Kier molecular flexibility index (Phi) is 3.43. The highest BCUT2D eigenvalue weighted by Crippen LogP contribution is 2.27. The first-order valence-corrected chi connectivity index (χ1v) is 7.66. The zero-order valence-corrected chi connectivity index (χ0v) is 12.8. The van der Waals surface area contributed by atoms with Crippen molar-refractivity contribution in [2.45, 2.75) is 19.4 Å². The number of rotatable bonds is 3. The van der Waals surface area contributed by atoms with Gasteiger partial charge in [-0.2, -0.15) is 0 Å². The van der Waals surface area contributed by atoms with Crippen molar-refractivity contribution >= 4 is 32.2 Å². The maximum absolute atomic E-state index is 10.4. The molecular weight excluding hydrogens is 324 g/mol. The standard InChI is InChI=1S/C14H13BrN2OS/c1-9-11(3-2-4-12(9)15)13(18)7-10-8-17-5-6-19-14(17)16-10/h2-6,8,13,18H,7H2,1H3. The lowest BCUT2D eigenvalue weighted by atomic mass is 10.0. The Balaban J connectivity index is 1.86. The van der Waals surface area contributed by atoms with Crippen molar-refractivity contribution in [2.75, 3.05) is 0 Å². The second-order valence-corrected chi connectivity index (χ2v) is 6.23. The zero-order chi connectivity index (χ0) is 13.4. The molecule has 3 rings (SSSR count). The monoisotopic (exact) mass is 336 g/mol. The number of nitrogens with zero attached hydrogens (tertiary/aromatic N) is 2. The number of aromatic nitrogens is 2. The molecule has 0 saturated heterocycles. The molecule has 0 fully saturated rings. The van der Waals surface area contributed by atoms with Crippen molar-refractivity contribution in [2.24, 2.45) is 0 Å². The van der Waals surface area contributed by atoms with Crippen LogP contribution in [-0.4, -0.2) is 14.5 Å². The van der Waals surface area contributed by atoms with Gasteiger partial charge in [0.15, 0.2) is 4.96 Å². The summed E-state index contributed by atoms with van der Waals surface area (Å²) in [6.45, 7) is 2.01. The third kappa shape index (κ3) is 2.45. The number of thiazole rings is 1. The lowest BCUT2D eigenvalue weighted by Gasteiger charge is -2.13. The predicted molar refractivity (Wildman–Crippen MR) is 80.6 cm³/mol. The molecule has 0 aliphatic rings. The third-order valence-corrected chi connectivity index (χ3v) is 4.84. The maximum atomic E-state index is 10.4. The van der Waals surface area contributed by atoms with E-state index in [2.05, 4.69) is 20.9 Å². The first kappa shape index (κ1) is 12.8. The number of aliphatic hydroxyl groups excluding tert-OH is 1.